The van der Waals surface area contributed by atoms with E-state index in [1.807, 2.05) is 26.8 Å². The molecule has 1 aliphatic heterocycles. The first-order chi connectivity index (χ1) is 8.40. The maximum absolute atomic E-state index is 11.3. The fourth-order valence-electron chi connectivity index (χ4n) is 2.13. The molecule has 0 radical (unpaired) electrons. The van der Waals surface area contributed by atoms with Crippen molar-refractivity contribution in [3.8, 4) is 0 Å². The fourth-order valence-corrected chi connectivity index (χ4v) is 2.13. The maximum Gasteiger partial charge on any atom is 0.326 e. The highest BCUT2D eigenvalue weighted by atomic mass is 16.5. The SMILES string of the molecule is C=C/C(=C\C=C(/C)C1NC1(C(=O)O)C(C)C)OC. The Labute approximate surface area is 108 Å². The third-order valence-electron chi connectivity index (χ3n) is 3.42. The Bertz CT molecular complexity index is 409. The molecule has 0 aromatic carbocycles. The van der Waals surface area contributed by atoms with Crippen LogP contribution in [-0.2, 0) is 9.53 Å². The highest BCUT2D eigenvalue weighted by Gasteiger charge is 2.62. The lowest BCUT2D eigenvalue weighted by Crippen LogP contribution is -2.35. The van der Waals surface area contributed by atoms with Crippen LogP contribution < -0.4 is 5.32 Å². The van der Waals surface area contributed by atoms with Gasteiger partial charge in [0.05, 0.1) is 13.2 Å². The average molecular weight is 251 g/mol. The number of aliphatic carboxylic acids is 1. The number of hydrogen-bond donors (Lipinski definition) is 2. The molecule has 2 unspecified atom stereocenters. The molecule has 1 saturated heterocycles. The molecule has 0 saturated carbocycles. The van der Waals surface area contributed by atoms with E-state index in [4.69, 9.17) is 4.74 Å². The zero-order valence-electron chi connectivity index (χ0n) is 11.4. The van der Waals surface area contributed by atoms with E-state index < -0.39 is 11.5 Å². The lowest BCUT2D eigenvalue weighted by atomic mass is 9.89. The molecular weight excluding hydrogens is 230 g/mol. The second kappa shape index (κ2) is 5.40. The second-order valence-corrected chi connectivity index (χ2v) is 4.79. The van der Waals surface area contributed by atoms with Crippen molar-refractivity contribution in [2.45, 2.75) is 32.4 Å². The highest BCUT2D eigenvalue weighted by Crippen LogP contribution is 2.39. The minimum Gasteiger partial charge on any atom is -0.497 e. The number of methoxy groups -OCH3 is 1. The molecular formula is C14H21NO3. The molecule has 4 heteroatoms. The van der Waals surface area contributed by atoms with Crippen LogP contribution in [0.1, 0.15) is 20.8 Å². The van der Waals surface area contributed by atoms with Crippen LogP contribution in [0.5, 0.6) is 0 Å². The Morgan fingerprint density at radius 3 is 2.44 bits per heavy atom. The van der Waals surface area contributed by atoms with Gasteiger partial charge < -0.3 is 9.84 Å². The molecule has 18 heavy (non-hydrogen) atoms. The molecule has 1 rings (SSSR count). The predicted molar refractivity (Wildman–Crippen MR) is 71.2 cm³/mol. The van der Waals surface area contributed by atoms with Crippen LogP contribution >= 0.6 is 0 Å². The van der Waals surface area contributed by atoms with Gasteiger partial charge in [-0.05, 0) is 25.0 Å². The Hall–Kier alpha value is -1.55. The minimum atomic E-state index is -0.824. The second-order valence-electron chi connectivity index (χ2n) is 4.79. The lowest BCUT2D eigenvalue weighted by molar-refractivity contribution is -0.141. The molecule has 1 aliphatic rings. The molecule has 0 bridgehead atoms. The van der Waals surface area contributed by atoms with Crippen molar-refractivity contribution < 1.29 is 14.6 Å². The zero-order valence-corrected chi connectivity index (χ0v) is 11.4. The van der Waals surface area contributed by atoms with Crippen LogP contribution in [0.2, 0.25) is 0 Å². The number of hydrogen-bond acceptors (Lipinski definition) is 3. The Morgan fingerprint density at radius 1 is 1.50 bits per heavy atom. The quantitative estimate of drug-likeness (QED) is 0.431. The van der Waals surface area contributed by atoms with Gasteiger partial charge >= 0.3 is 5.97 Å². The number of nitrogens with one attached hydrogen (secondary N) is 1. The van der Waals surface area contributed by atoms with Crippen molar-refractivity contribution in [3.63, 3.8) is 0 Å². The van der Waals surface area contributed by atoms with Crippen LogP contribution in [0.3, 0.4) is 0 Å². The van der Waals surface area contributed by atoms with E-state index in [0.29, 0.717) is 5.76 Å². The van der Waals surface area contributed by atoms with Gasteiger partial charge in [0, 0.05) is 0 Å². The maximum atomic E-state index is 11.3. The summed E-state index contributed by atoms with van der Waals surface area (Å²) in [5.74, 6) is -0.107. The summed E-state index contributed by atoms with van der Waals surface area (Å²) in [6.07, 6.45) is 5.26. The molecule has 4 nitrogen and oxygen atoms in total. The lowest BCUT2D eigenvalue weighted by Gasteiger charge is -2.14. The number of carbonyl (C=O) groups is 1. The third-order valence-corrected chi connectivity index (χ3v) is 3.42. The van der Waals surface area contributed by atoms with Crippen molar-refractivity contribution in [1.29, 1.82) is 0 Å². The predicted octanol–water partition coefficient (Wildman–Crippen LogP) is 2.10. The Balaban J connectivity index is 2.86. The zero-order chi connectivity index (χ0) is 13.9. The summed E-state index contributed by atoms with van der Waals surface area (Å²) in [6.45, 7) is 9.36. The van der Waals surface area contributed by atoms with E-state index in [1.165, 1.54) is 0 Å². The number of carboxylic acids is 1. The van der Waals surface area contributed by atoms with Crippen LogP contribution in [0.15, 0.2) is 36.1 Å². The monoisotopic (exact) mass is 251 g/mol. The Kier molecular flexibility index (Phi) is 4.35. The van der Waals surface area contributed by atoms with Crippen molar-refractivity contribution >= 4 is 5.97 Å². The molecule has 0 spiro atoms. The van der Waals surface area contributed by atoms with Gasteiger partial charge in [0.15, 0.2) is 0 Å². The van der Waals surface area contributed by atoms with E-state index >= 15 is 0 Å². The van der Waals surface area contributed by atoms with Crippen molar-refractivity contribution in [1.82, 2.24) is 5.32 Å². The van der Waals surface area contributed by atoms with Gasteiger partial charge in [0.25, 0.3) is 0 Å². The number of rotatable bonds is 6. The van der Waals surface area contributed by atoms with Gasteiger partial charge in [0.2, 0.25) is 0 Å². The summed E-state index contributed by atoms with van der Waals surface area (Å²) in [5.41, 5.74) is 0.151. The summed E-state index contributed by atoms with van der Waals surface area (Å²) in [5, 5.41) is 12.4. The number of allylic oxidation sites excluding steroid dienone is 3. The summed E-state index contributed by atoms with van der Waals surface area (Å²) in [7, 11) is 1.57. The van der Waals surface area contributed by atoms with Crippen molar-refractivity contribution in [2.75, 3.05) is 7.11 Å². The van der Waals surface area contributed by atoms with Gasteiger partial charge in [-0.2, -0.15) is 0 Å². The van der Waals surface area contributed by atoms with Crippen LogP contribution in [0.25, 0.3) is 0 Å². The van der Waals surface area contributed by atoms with E-state index in [9.17, 15) is 9.90 Å². The van der Waals surface area contributed by atoms with Gasteiger partial charge in [-0.3, -0.25) is 10.1 Å². The van der Waals surface area contributed by atoms with E-state index in [1.54, 1.807) is 19.3 Å². The molecule has 0 amide bonds. The van der Waals surface area contributed by atoms with Crippen LogP contribution in [0, 0.1) is 5.92 Å². The van der Waals surface area contributed by atoms with E-state index in [-0.39, 0.29) is 12.0 Å². The third kappa shape index (κ3) is 2.48. The van der Waals surface area contributed by atoms with Gasteiger partial charge in [-0.15, -0.1) is 0 Å². The first kappa shape index (κ1) is 14.5. The molecule has 0 aromatic rings. The van der Waals surface area contributed by atoms with E-state index in [0.717, 1.165) is 5.57 Å². The van der Waals surface area contributed by atoms with Crippen molar-refractivity contribution in [2.24, 2.45) is 5.92 Å². The van der Waals surface area contributed by atoms with Crippen LogP contribution in [0.4, 0.5) is 0 Å². The first-order valence-electron chi connectivity index (χ1n) is 5.96. The van der Waals surface area contributed by atoms with E-state index in [2.05, 4.69) is 11.9 Å². The van der Waals surface area contributed by atoms with Gasteiger partial charge in [0.1, 0.15) is 11.3 Å². The first-order valence-corrected chi connectivity index (χ1v) is 5.96. The summed E-state index contributed by atoms with van der Waals surface area (Å²) < 4.78 is 5.06. The summed E-state index contributed by atoms with van der Waals surface area (Å²) in [4.78, 5) is 11.3. The number of ether oxygens (including phenoxy) is 1. The largest absolute Gasteiger partial charge is 0.497 e. The highest BCUT2D eigenvalue weighted by molar-refractivity contribution is 5.85. The molecule has 100 valence electrons. The molecule has 2 N–H and O–H groups in total. The van der Waals surface area contributed by atoms with Crippen molar-refractivity contribution in [3.05, 3.63) is 36.1 Å². The average Bonchev–Trinajstić information content (AvgIpc) is 3.06. The van der Waals surface area contributed by atoms with Crippen LogP contribution in [-0.4, -0.2) is 29.8 Å². The molecule has 0 aliphatic carbocycles. The standard InChI is InChI=1S/C14H21NO3/c1-6-11(18-5)8-7-10(4)12-14(15-12,9(2)3)13(16)17/h6-9,12,15H,1H2,2-5H3,(H,16,17)/b10-7+,11-8+. The fraction of sp³-hybridized carbons (Fsp3) is 0.500. The minimum absolute atomic E-state index is 0.0358. The topological polar surface area (TPSA) is 68.5 Å². The number of carboxylic acid groups (broad SMARTS) is 1. The summed E-state index contributed by atoms with van der Waals surface area (Å²) in [6, 6.07) is -0.117. The summed E-state index contributed by atoms with van der Waals surface area (Å²) >= 11 is 0. The Morgan fingerprint density at radius 2 is 2.11 bits per heavy atom. The normalized spacial score (nSPS) is 28.2. The molecule has 0 aromatic heterocycles. The van der Waals surface area contributed by atoms with Gasteiger partial charge in [-0.25, -0.2) is 0 Å². The van der Waals surface area contributed by atoms with Gasteiger partial charge in [-0.1, -0.05) is 32.1 Å². The molecule has 1 fully saturated rings. The molecule has 2 atom stereocenters. The smallest absolute Gasteiger partial charge is 0.326 e. The molecule has 1 heterocycles.